The monoisotopic (exact) mass is 379 g/mol. The highest BCUT2D eigenvalue weighted by atomic mass is 19.4. The van der Waals surface area contributed by atoms with E-state index in [1.807, 2.05) is 12.1 Å². The number of carbonyl (C=O) groups excluding carboxylic acids is 1. The number of benzene rings is 1. The highest BCUT2D eigenvalue weighted by molar-refractivity contribution is 5.73. The molecule has 1 aromatic heterocycles. The van der Waals surface area contributed by atoms with Crippen LogP contribution in [0.2, 0.25) is 0 Å². The summed E-state index contributed by atoms with van der Waals surface area (Å²) in [6, 6.07) is 7.46. The van der Waals surface area contributed by atoms with Gasteiger partial charge in [-0.15, -0.1) is 0 Å². The summed E-state index contributed by atoms with van der Waals surface area (Å²) in [5.74, 6) is 0.441. The lowest BCUT2D eigenvalue weighted by molar-refractivity contribution is -0.141. The van der Waals surface area contributed by atoms with Crippen LogP contribution in [0.15, 0.2) is 34.9 Å². The van der Waals surface area contributed by atoms with Crippen LogP contribution in [0.1, 0.15) is 55.0 Å². The van der Waals surface area contributed by atoms with E-state index in [9.17, 15) is 18.0 Å². The molecule has 5 nitrogen and oxygen atoms in total. The van der Waals surface area contributed by atoms with Crippen molar-refractivity contribution >= 4 is 11.9 Å². The molecule has 1 saturated carbocycles. The molecule has 1 N–H and O–H groups in total. The molecule has 2 fully saturated rings. The lowest BCUT2D eigenvalue weighted by Crippen LogP contribution is -2.38. The van der Waals surface area contributed by atoms with Gasteiger partial charge in [0, 0.05) is 13.5 Å². The molecule has 27 heavy (non-hydrogen) atoms. The van der Waals surface area contributed by atoms with Gasteiger partial charge < -0.3 is 14.6 Å². The normalized spacial score (nSPS) is 22.9. The summed E-state index contributed by atoms with van der Waals surface area (Å²) in [5.41, 5.74) is 1.14. The molecule has 0 radical (unpaired) electrons. The van der Waals surface area contributed by atoms with E-state index >= 15 is 0 Å². The van der Waals surface area contributed by atoms with Gasteiger partial charge in [-0.1, -0.05) is 24.3 Å². The van der Waals surface area contributed by atoms with E-state index in [-0.39, 0.29) is 24.0 Å². The maximum Gasteiger partial charge on any atom is 0.436 e. The highest BCUT2D eigenvalue weighted by Gasteiger charge is 2.41. The molecular formula is C19H20F3N3O2. The second-order valence-corrected chi connectivity index (χ2v) is 7.19. The van der Waals surface area contributed by atoms with E-state index in [0.29, 0.717) is 25.1 Å². The van der Waals surface area contributed by atoms with Gasteiger partial charge >= 0.3 is 6.18 Å². The molecule has 0 spiro atoms. The first-order valence-electron chi connectivity index (χ1n) is 8.99. The van der Waals surface area contributed by atoms with Crippen molar-refractivity contribution in [2.45, 2.75) is 50.4 Å². The van der Waals surface area contributed by atoms with Gasteiger partial charge in [0.15, 0.2) is 5.69 Å². The summed E-state index contributed by atoms with van der Waals surface area (Å²) >= 11 is 0. The fourth-order valence-electron chi connectivity index (χ4n) is 3.74. The number of oxazole rings is 1. The summed E-state index contributed by atoms with van der Waals surface area (Å²) < 4.78 is 43.8. The van der Waals surface area contributed by atoms with Crippen LogP contribution in [0.5, 0.6) is 0 Å². The number of alkyl halides is 3. The number of nitrogens with zero attached hydrogens (tertiary/aromatic N) is 2. The number of halogens is 3. The predicted octanol–water partition coefficient (Wildman–Crippen LogP) is 4.03. The second-order valence-electron chi connectivity index (χ2n) is 7.19. The van der Waals surface area contributed by atoms with E-state index in [1.165, 1.54) is 25.3 Å². The Morgan fingerprint density at radius 2 is 1.85 bits per heavy atom. The Labute approximate surface area is 154 Å². The number of anilines is 1. The molecule has 1 aliphatic carbocycles. The number of nitrogens with one attached hydrogen (secondary N) is 1. The van der Waals surface area contributed by atoms with E-state index in [4.69, 9.17) is 4.42 Å². The topological polar surface area (TPSA) is 58.4 Å². The van der Waals surface area contributed by atoms with Crippen LogP contribution in [0.3, 0.4) is 0 Å². The van der Waals surface area contributed by atoms with Crippen LogP contribution in [-0.4, -0.2) is 23.5 Å². The maximum absolute atomic E-state index is 12.9. The Bertz CT molecular complexity index is 827. The molecule has 2 atom stereocenters. The van der Waals surface area contributed by atoms with E-state index in [1.54, 1.807) is 4.90 Å². The first-order chi connectivity index (χ1) is 12.8. The van der Waals surface area contributed by atoms with E-state index in [2.05, 4.69) is 22.4 Å². The molecule has 4 rings (SSSR count). The molecule has 1 aromatic carbocycles. The van der Waals surface area contributed by atoms with Crippen molar-refractivity contribution in [3.05, 3.63) is 47.3 Å². The van der Waals surface area contributed by atoms with Crippen molar-refractivity contribution in [2.75, 3.05) is 11.4 Å². The van der Waals surface area contributed by atoms with Crippen molar-refractivity contribution < 1.29 is 22.4 Å². The molecule has 1 saturated heterocycles. The molecule has 0 bridgehead atoms. The van der Waals surface area contributed by atoms with Gasteiger partial charge in [0.1, 0.15) is 6.26 Å². The lowest BCUT2D eigenvalue weighted by atomic mass is 9.98. The first kappa shape index (κ1) is 17.9. The number of amides is 1. The highest BCUT2D eigenvalue weighted by Crippen LogP contribution is 2.42. The standard InChI is InChI=1S/C19H20F3N3O2/c1-11(26)23-15-8-9-25(18-24-16(10-27-18)19(20,21)22)17(15)14-6-4-13(5-7-14)12-2-3-12/h4-7,10,12,15,17H,2-3,8-9H2,1H3,(H,23,26)/t15-,17-/m1/s1. The Morgan fingerprint density at radius 1 is 1.19 bits per heavy atom. The third-order valence-corrected chi connectivity index (χ3v) is 5.14. The van der Waals surface area contributed by atoms with Gasteiger partial charge in [0.2, 0.25) is 5.91 Å². The Hall–Kier alpha value is -2.51. The predicted molar refractivity (Wildman–Crippen MR) is 92.2 cm³/mol. The quantitative estimate of drug-likeness (QED) is 0.872. The van der Waals surface area contributed by atoms with Crippen molar-refractivity contribution in [1.82, 2.24) is 10.3 Å². The summed E-state index contributed by atoms with van der Waals surface area (Å²) in [6.45, 7) is 1.88. The molecule has 1 amide bonds. The van der Waals surface area contributed by atoms with Gasteiger partial charge in [-0.2, -0.15) is 18.2 Å². The van der Waals surface area contributed by atoms with Gasteiger partial charge in [-0.3, -0.25) is 4.79 Å². The van der Waals surface area contributed by atoms with Crippen LogP contribution >= 0.6 is 0 Å². The van der Waals surface area contributed by atoms with Crippen molar-refractivity contribution in [2.24, 2.45) is 0 Å². The smallest absolute Gasteiger partial charge is 0.431 e. The average molecular weight is 379 g/mol. The van der Waals surface area contributed by atoms with Gasteiger partial charge in [-0.25, -0.2) is 0 Å². The minimum absolute atomic E-state index is 0.0774. The van der Waals surface area contributed by atoms with Gasteiger partial charge in [-0.05, 0) is 36.3 Å². The third kappa shape index (κ3) is 3.65. The zero-order valence-corrected chi connectivity index (χ0v) is 14.8. The molecule has 8 heteroatoms. The fraction of sp³-hybridized carbons (Fsp3) is 0.474. The summed E-state index contributed by atoms with van der Waals surface area (Å²) in [4.78, 5) is 16.9. The minimum atomic E-state index is -4.56. The molecule has 2 heterocycles. The summed E-state index contributed by atoms with van der Waals surface area (Å²) in [5, 5.41) is 2.90. The minimum Gasteiger partial charge on any atom is -0.431 e. The van der Waals surface area contributed by atoms with Crippen LogP contribution < -0.4 is 10.2 Å². The number of hydrogen-bond donors (Lipinski definition) is 1. The van der Waals surface area contributed by atoms with Crippen LogP contribution in [0.25, 0.3) is 0 Å². The van der Waals surface area contributed by atoms with E-state index < -0.39 is 11.9 Å². The summed E-state index contributed by atoms with van der Waals surface area (Å²) in [7, 11) is 0. The zero-order valence-electron chi connectivity index (χ0n) is 14.8. The zero-order chi connectivity index (χ0) is 19.2. The SMILES string of the molecule is CC(=O)N[C@@H]1CCN(c2nc(C(F)(F)F)co2)[C@@H]1c1ccc(C2CC2)cc1. The average Bonchev–Trinajstić information content (AvgIpc) is 3.17. The Balaban J connectivity index is 1.65. The maximum atomic E-state index is 12.9. The second kappa shape index (κ2) is 6.58. The lowest BCUT2D eigenvalue weighted by Gasteiger charge is -2.28. The molecular weight excluding hydrogens is 359 g/mol. The number of rotatable bonds is 4. The molecule has 144 valence electrons. The number of aromatic nitrogens is 1. The number of hydrogen-bond acceptors (Lipinski definition) is 4. The van der Waals surface area contributed by atoms with E-state index in [0.717, 1.165) is 5.56 Å². The van der Waals surface area contributed by atoms with Crippen LogP contribution in [-0.2, 0) is 11.0 Å². The fourth-order valence-corrected chi connectivity index (χ4v) is 3.74. The first-order valence-corrected chi connectivity index (χ1v) is 8.99. The van der Waals surface area contributed by atoms with Crippen LogP contribution in [0, 0.1) is 0 Å². The molecule has 2 aliphatic rings. The molecule has 1 aliphatic heterocycles. The van der Waals surface area contributed by atoms with Gasteiger partial charge in [0.05, 0.1) is 12.1 Å². The van der Waals surface area contributed by atoms with Gasteiger partial charge in [0.25, 0.3) is 6.01 Å². The molecule has 2 aromatic rings. The third-order valence-electron chi connectivity index (χ3n) is 5.14. The Kier molecular flexibility index (Phi) is 4.36. The van der Waals surface area contributed by atoms with Crippen molar-refractivity contribution in [3.8, 4) is 0 Å². The van der Waals surface area contributed by atoms with Crippen molar-refractivity contribution in [3.63, 3.8) is 0 Å². The largest absolute Gasteiger partial charge is 0.436 e. The molecule has 0 unspecified atom stereocenters. The van der Waals surface area contributed by atoms with Crippen molar-refractivity contribution in [1.29, 1.82) is 0 Å². The summed E-state index contributed by atoms with van der Waals surface area (Å²) in [6.07, 6.45) is -0.938. The van der Waals surface area contributed by atoms with Crippen LogP contribution in [0.4, 0.5) is 19.2 Å². The number of carbonyl (C=O) groups is 1. The Morgan fingerprint density at radius 3 is 2.41 bits per heavy atom.